The van der Waals surface area contributed by atoms with Gasteiger partial charge >= 0.3 is 0 Å². The van der Waals surface area contributed by atoms with Crippen molar-refractivity contribution in [3.63, 3.8) is 0 Å². The minimum atomic E-state index is 0.194. The molecule has 0 saturated heterocycles. The van der Waals surface area contributed by atoms with Crippen LogP contribution in [0.25, 0.3) is 0 Å². The van der Waals surface area contributed by atoms with E-state index in [0.29, 0.717) is 0 Å². The van der Waals surface area contributed by atoms with Crippen molar-refractivity contribution < 1.29 is 0 Å². The first-order valence-corrected chi connectivity index (χ1v) is 7.74. The van der Waals surface area contributed by atoms with Crippen molar-refractivity contribution >= 4 is 15.9 Å². The maximum atomic E-state index is 4.29. The molecule has 1 unspecified atom stereocenters. The van der Waals surface area contributed by atoms with Crippen molar-refractivity contribution in [2.45, 2.75) is 33.7 Å². The van der Waals surface area contributed by atoms with E-state index in [9.17, 15) is 0 Å². The van der Waals surface area contributed by atoms with Gasteiger partial charge in [-0.2, -0.15) is 0 Å². The molecule has 0 aliphatic carbocycles. The van der Waals surface area contributed by atoms with Crippen LogP contribution >= 0.6 is 15.9 Å². The minimum absolute atomic E-state index is 0.194. The van der Waals surface area contributed by atoms with Gasteiger partial charge in [-0.3, -0.25) is 4.98 Å². The van der Waals surface area contributed by atoms with Crippen molar-refractivity contribution in [2.24, 2.45) is 0 Å². The van der Waals surface area contributed by atoms with E-state index in [1.54, 1.807) is 0 Å². The maximum absolute atomic E-state index is 4.29. The maximum Gasteiger partial charge on any atom is 0.0594 e. The van der Waals surface area contributed by atoms with E-state index in [1.807, 2.05) is 12.4 Å². The highest BCUT2D eigenvalue weighted by molar-refractivity contribution is 9.10. The summed E-state index contributed by atoms with van der Waals surface area (Å²) < 4.78 is 1.19. The van der Waals surface area contributed by atoms with Gasteiger partial charge < -0.3 is 5.32 Å². The van der Waals surface area contributed by atoms with Gasteiger partial charge in [-0.05, 0) is 61.2 Å². The van der Waals surface area contributed by atoms with Crippen LogP contribution in [0.4, 0.5) is 0 Å². The third kappa shape index (κ3) is 3.10. The van der Waals surface area contributed by atoms with E-state index >= 15 is 0 Å². The highest BCUT2D eigenvalue weighted by Gasteiger charge is 2.17. The number of nitrogens with zero attached hydrogens (tertiary/aromatic N) is 1. The van der Waals surface area contributed by atoms with E-state index in [2.05, 4.69) is 72.1 Å². The number of benzene rings is 1. The second-order valence-electron chi connectivity index (χ2n) is 5.19. The molecule has 1 N–H and O–H groups in total. The van der Waals surface area contributed by atoms with Crippen molar-refractivity contribution in [3.05, 3.63) is 62.9 Å². The molecule has 20 heavy (non-hydrogen) atoms. The molecule has 106 valence electrons. The Balaban J connectivity index is 2.52. The molecule has 1 aromatic carbocycles. The molecule has 0 radical (unpaired) electrons. The zero-order valence-corrected chi connectivity index (χ0v) is 14.1. The number of halogens is 1. The largest absolute Gasteiger partial charge is 0.306 e. The van der Waals surface area contributed by atoms with Crippen molar-refractivity contribution in [3.8, 4) is 0 Å². The lowest BCUT2D eigenvalue weighted by molar-refractivity contribution is 0.624. The van der Waals surface area contributed by atoms with Crippen LogP contribution in [0.3, 0.4) is 0 Å². The molecule has 2 aromatic rings. The summed E-state index contributed by atoms with van der Waals surface area (Å²) in [6.07, 6.45) is 3.81. The van der Waals surface area contributed by atoms with Gasteiger partial charge in [-0.25, -0.2) is 0 Å². The minimum Gasteiger partial charge on any atom is -0.306 e. The predicted octanol–water partition coefficient (Wildman–Crippen LogP) is 4.47. The monoisotopic (exact) mass is 332 g/mol. The summed E-state index contributed by atoms with van der Waals surface area (Å²) in [7, 11) is 0. The summed E-state index contributed by atoms with van der Waals surface area (Å²) in [5, 5.41) is 3.57. The van der Waals surface area contributed by atoms with Crippen LogP contribution in [-0.4, -0.2) is 11.5 Å². The molecule has 1 aromatic heterocycles. The van der Waals surface area contributed by atoms with Gasteiger partial charge in [-0.1, -0.05) is 35.0 Å². The van der Waals surface area contributed by atoms with Gasteiger partial charge in [0.2, 0.25) is 0 Å². The Kier molecular flexibility index (Phi) is 4.95. The van der Waals surface area contributed by atoms with Crippen LogP contribution in [0, 0.1) is 20.8 Å². The molecule has 0 fully saturated rings. The van der Waals surface area contributed by atoms with E-state index < -0.39 is 0 Å². The lowest BCUT2D eigenvalue weighted by Gasteiger charge is -2.22. The van der Waals surface area contributed by atoms with Gasteiger partial charge in [0.15, 0.2) is 0 Å². The lowest BCUT2D eigenvalue weighted by Crippen LogP contribution is -2.23. The summed E-state index contributed by atoms with van der Waals surface area (Å²) in [4.78, 5) is 4.29. The normalized spacial score (nSPS) is 12.4. The summed E-state index contributed by atoms with van der Waals surface area (Å²) >= 11 is 3.64. The molecular weight excluding hydrogens is 312 g/mol. The Labute approximate surface area is 129 Å². The van der Waals surface area contributed by atoms with E-state index in [1.165, 1.54) is 32.3 Å². The number of rotatable bonds is 4. The first kappa shape index (κ1) is 15.2. The predicted molar refractivity (Wildman–Crippen MR) is 88.1 cm³/mol. The first-order chi connectivity index (χ1) is 9.54. The zero-order chi connectivity index (χ0) is 14.7. The quantitative estimate of drug-likeness (QED) is 0.893. The van der Waals surface area contributed by atoms with Crippen LogP contribution in [0.15, 0.2) is 35.1 Å². The fourth-order valence-corrected chi connectivity index (χ4v) is 2.76. The first-order valence-electron chi connectivity index (χ1n) is 6.95. The standard InChI is InChI=1S/C17H21BrN2/c1-5-20-17(15-10-19-7-6-11(15)2)14-8-12(3)16(18)13(4)9-14/h6-10,17,20H,5H2,1-4H3. The fraction of sp³-hybridized carbons (Fsp3) is 0.353. The van der Waals surface area contributed by atoms with Crippen LogP contribution in [0.2, 0.25) is 0 Å². The number of aromatic nitrogens is 1. The summed E-state index contributed by atoms with van der Waals surface area (Å²) in [5.74, 6) is 0. The SMILES string of the molecule is CCNC(c1cc(C)c(Br)c(C)c1)c1cnccc1C. The van der Waals surface area contributed by atoms with Gasteiger partial charge in [0, 0.05) is 16.9 Å². The van der Waals surface area contributed by atoms with Crippen molar-refractivity contribution in [1.82, 2.24) is 10.3 Å². The summed E-state index contributed by atoms with van der Waals surface area (Å²) in [6.45, 7) is 9.48. The van der Waals surface area contributed by atoms with Crippen LogP contribution < -0.4 is 5.32 Å². The van der Waals surface area contributed by atoms with Crippen LogP contribution in [-0.2, 0) is 0 Å². The third-order valence-electron chi connectivity index (χ3n) is 3.59. The summed E-state index contributed by atoms with van der Waals surface area (Å²) in [5.41, 5.74) is 6.34. The summed E-state index contributed by atoms with van der Waals surface area (Å²) in [6, 6.07) is 6.76. The molecule has 2 rings (SSSR count). The average Bonchev–Trinajstić information content (AvgIpc) is 2.43. The Morgan fingerprint density at radius 2 is 1.80 bits per heavy atom. The number of aryl methyl sites for hydroxylation is 3. The Morgan fingerprint density at radius 1 is 1.15 bits per heavy atom. The second kappa shape index (κ2) is 6.51. The average molecular weight is 333 g/mol. The van der Waals surface area contributed by atoms with Crippen molar-refractivity contribution in [2.75, 3.05) is 6.54 Å². The smallest absolute Gasteiger partial charge is 0.0594 e. The third-order valence-corrected chi connectivity index (χ3v) is 4.84. The molecule has 1 heterocycles. The van der Waals surface area contributed by atoms with Crippen LogP contribution in [0.5, 0.6) is 0 Å². The number of nitrogens with one attached hydrogen (secondary N) is 1. The molecule has 2 nitrogen and oxygen atoms in total. The second-order valence-corrected chi connectivity index (χ2v) is 5.98. The Hall–Kier alpha value is -1.19. The molecule has 0 spiro atoms. The molecule has 0 amide bonds. The van der Waals surface area contributed by atoms with Gasteiger partial charge in [0.25, 0.3) is 0 Å². The number of hydrogen-bond acceptors (Lipinski definition) is 2. The molecular formula is C17H21BrN2. The molecule has 0 aliphatic heterocycles. The van der Waals surface area contributed by atoms with Gasteiger partial charge in [0.1, 0.15) is 0 Å². The number of pyridine rings is 1. The molecule has 1 atom stereocenters. The van der Waals surface area contributed by atoms with E-state index in [-0.39, 0.29) is 6.04 Å². The van der Waals surface area contributed by atoms with E-state index in [0.717, 1.165) is 6.54 Å². The van der Waals surface area contributed by atoms with Crippen molar-refractivity contribution in [1.29, 1.82) is 0 Å². The highest BCUT2D eigenvalue weighted by Crippen LogP contribution is 2.29. The molecule has 0 bridgehead atoms. The van der Waals surface area contributed by atoms with Gasteiger partial charge in [-0.15, -0.1) is 0 Å². The van der Waals surface area contributed by atoms with Crippen LogP contribution in [0.1, 0.15) is 40.8 Å². The van der Waals surface area contributed by atoms with Gasteiger partial charge in [0.05, 0.1) is 6.04 Å². The highest BCUT2D eigenvalue weighted by atomic mass is 79.9. The van der Waals surface area contributed by atoms with E-state index in [4.69, 9.17) is 0 Å². The lowest BCUT2D eigenvalue weighted by atomic mass is 9.94. The topological polar surface area (TPSA) is 24.9 Å². The Bertz CT molecular complexity index is 585. The zero-order valence-electron chi connectivity index (χ0n) is 12.5. The molecule has 3 heteroatoms. The molecule has 0 aliphatic rings. The Morgan fingerprint density at radius 3 is 2.35 bits per heavy atom. The molecule has 0 saturated carbocycles. The number of hydrogen-bond donors (Lipinski definition) is 1. The fourth-order valence-electron chi connectivity index (χ4n) is 2.54.